The van der Waals surface area contributed by atoms with Crippen molar-refractivity contribution in [3.05, 3.63) is 35.4 Å². The van der Waals surface area contributed by atoms with Gasteiger partial charge in [0.05, 0.1) is 0 Å². The van der Waals surface area contributed by atoms with Gasteiger partial charge in [0.1, 0.15) is 0 Å². The number of aryl methyl sites for hydroxylation is 1. The molecule has 0 aromatic heterocycles. The van der Waals surface area contributed by atoms with Crippen molar-refractivity contribution < 1.29 is 0 Å². The highest BCUT2D eigenvalue weighted by Crippen LogP contribution is 2.18. The van der Waals surface area contributed by atoms with Crippen molar-refractivity contribution in [2.45, 2.75) is 60.3 Å². The first-order valence-corrected chi connectivity index (χ1v) is 6.88. The summed E-state index contributed by atoms with van der Waals surface area (Å²) in [6.45, 7) is 10.8. The van der Waals surface area contributed by atoms with Crippen LogP contribution in [0.25, 0.3) is 0 Å². The maximum atomic E-state index is 2.29. The molecule has 0 saturated carbocycles. The summed E-state index contributed by atoms with van der Waals surface area (Å²) in [6.07, 6.45) is 5.02. The van der Waals surface area contributed by atoms with Crippen LogP contribution in [0.3, 0.4) is 0 Å². The van der Waals surface area contributed by atoms with E-state index in [1.54, 1.807) is 5.56 Å². The van der Waals surface area contributed by atoms with Crippen molar-refractivity contribution >= 4 is 0 Å². The molecular weight excluding hydrogens is 192 g/mol. The molecule has 0 spiro atoms. The van der Waals surface area contributed by atoms with Crippen LogP contribution in [-0.2, 0) is 12.8 Å². The summed E-state index contributed by atoms with van der Waals surface area (Å²) < 4.78 is 0. The van der Waals surface area contributed by atoms with Crippen LogP contribution in [0, 0.1) is 5.92 Å². The fraction of sp³-hybridized carbons (Fsp3) is 0.625. The SMILES string of the molecule is CC.CCc1ccccc1CC(CC)CC. The van der Waals surface area contributed by atoms with Crippen LogP contribution >= 0.6 is 0 Å². The highest BCUT2D eigenvalue weighted by atomic mass is 14.1. The first-order valence-electron chi connectivity index (χ1n) is 6.88. The molecule has 0 nitrogen and oxygen atoms in total. The van der Waals surface area contributed by atoms with Crippen LogP contribution in [-0.4, -0.2) is 0 Å². The van der Waals surface area contributed by atoms with Crippen molar-refractivity contribution in [2.24, 2.45) is 5.92 Å². The van der Waals surface area contributed by atoms with Gasteiger partial charge in [0.15, 0.2) is 0 Å². The predicted molar refractivity (Wildman–Crippen MR) is 74.9 cm³/mol. The number of hydrogen-bond donors (Lipinski definition) is 0. The highest BCUT2D eigenvalue weighted by molar-refractivity contribution is 5.27. The lowest BCUT2D eigenvalue weighted by atomic mass is 9.91. The largest absolute Gasteiger partial charge is 0.0683 e. The zero-order chi connectivity index (χ0) is 12.4. The summed E-state index contributed by atoms with van der Waals surface area (Å²) in [4.78, 5) is 0. The standard InChI is InChI=1S/C14H22.C2H6/c1-4-12(5-2)11-14-10-8-7-9-13(14)6-3;1-2/h7-10,12H,4-6,11H2,1-3H3;1-2H3. The van der Waals surface area contributed by atoms with Gasteiger partial charge in [-0.25, -0.2) is 0 Å². The molecule has 0 saturated heterocycles. The number of benzene rings is 1. The molecular formula is C16H28. The Morgan fingerprint density at radius 2 is 1.38 bits per heavy atom. The third-order valence-corrected chi connectivity index (χ3v) is 3.16. The normalized spacial score (nSPS) is 9.88. The van der Waals surface area contributed by atoms with Gasteiger partial charge in [0.2, 0.25) is 0 Å². The average molecular weight is 220 g/mol. The molecule has 0 N–H and O–H groups in total. The first-order chi connectivity index (χ1) is 7.81. The Labute approximate surface area is 102 Å². The predicted octanol–water partition coefficient (Wildman–Crippen LogP) is 5.25. The van der Waals surface area contributed by atoms with Gasteiger partial charge in [-0.15, -0.1) is 0 Å². The summed E-state index contributed by atoms with van der Waals surface area (Å²) in [5, 5.41) is 0. The second kappa shape index (κ2) is 9.45. The fourth-order valence-electron chi connectivity index (χ4n) is 1.99. The number of rotatable bonds is 5. The van der Waals surface area contributed by atoms with Gasteiger partial charge in [0, 0.05) is 0 Å². The molecule has 0 aliphatic rings. The van der Waals surface area contributed by atoms with Crippen molar-refractivity contribution in [3.8, 4) is 0 Å². The smallest absolute Gasteiger partial charge is 0.0248 e. The average Bonchev–Trinajstić information content (AvgIpc) is 2.38. The van der Waals surface area contributed by atoms with Crippen LogP contribution in [0.2, 0.25) is 0 Å². The molecule has 92 valence electrons. The molecule has 0 heterocycles. The molecule has 0 bridgehead atoms. The van der Waals surface area contributed by atoms with E-state index in [9.17, 15) is 0 Å². The van der Waals surface area contributed by atoms with Gasteiger partial charge in [-0.3, -0.25) is 0 Å². The van der Waals surface area contributed by atoms with Gasteiger partial charge < -0.3 is 0 Å². The Kier molecular flexibility index (Phi) is 8.99. The Morgan fingerprint density at radius 3 is 1.81 bits per heavy atom. The van der Waals surface area contributed by atoms with Gasteiger partial charge >= 0.3 is 0 Å². The van der Waals surface area contributed by atoms with Gasteiger partial charge in [0.25, 0.3) is 0 Å². The van der Waals surface area contributed by atoms with Crippen LogP contribution in [0.1, 0.15) is 58.6 Å². The Balaban J connectivity index is 0.00000106. The van der Waals surface area contributed by atoms with Crippen molar-refractivity contribution in [1.29, 1.82) is 0 Å². The molecule has 0 atom stereocenters. The lowest BCUT2D eigenvalue weighted by Gasteiger charge is -2.14. The second-order valence-electron chi connectivity index (χ2n) is 4.01. The Hall–Kier alpha value is -0.780. The van der Waals surface area contributed by atoms with E-state index in [1.165, 1.54) is 24.8 Å². The van der Waals surface area contributed by atoms with E-state index in [-0.39, 0.29) is 0 Å². The van der Waals surface area contributed by atoms with Gasteiger partial charge in [-0.2, -0.15) is 0 Å². The first kappa shape index (κ1) is 15.2. The van der Waals surface area contributed by atoms with Crippen LogP contribution < -0.4 is 0 Å². The van der Waals surface area contributed by atoms with Gasteiger partial charge in [-0.05, 0) is 29.9 Å². The molecule has 1 rings (SSSR count). The molecule has 1 aromatic carbocycles. The fourth-order valence-corrected chi connectivity index (χ4v) is 1.99. The van der Waals surface area contributed by atoms with E-state index in [0.717, 1.165) is 12.3 Å². The Bertz CT molecular complexity index is 258. The quantitative estimate of drug-likeness (QED) is 0.635. The lowest BCUT2D eigenvalue weighted by molar-refractivity contribution is 0.489. The molecule has 0 aliphatic heterocycles. The van der Waals surface area contributed by atoms with Crippen LogP contribution in [0.5, 0.6) is 0 Å². The van der Waals surface area contributed by atoms with Crippen LogP contribution in [0.15, 0.2) is 24.3 Å². The van der Waals surface area contributed by atoms with E-state index >= 15 is 0 Å². The summed E-state index contributed by atoms with van der Waals surface area (Å²) in [7, 11) is 0. The van der Waals surface area contributed by atoms with Crippen molar-refractivity contribution in [1.82, 2.24) is 0 Å². The number of hydrogen-bond acceptors (Lipinski definition) is 0. The third-order valence-electron chi connectivity index (χ3n) is 3.16. The molecule has 1 aromatic rings. The zero-order valence-corrected chi connectivity index (χ0v) is 11.7. The van der Waals surface area contributed by atoms with E-state index in [2.05, 4.69) is 45.0 Å². The molecule has 0 amide bonds. The maximum Gasteiger partial charge on any atom is -0.0248 e. The van der Waals surface area contributed by atoms with Crippen LogP contribution in [0.4, 0.5) is 0 Å². The minimum absolute atomic E-state index is 0.864. The van der Waals surface area contributed by atoms with E-state index in [0.29, 0.717) is 0 Å². The topological polar surface area (TPSA) is 0 Å². The molecule has 0 fully saturated rings. The van der Waals surface area contributed by atoms with Gasteiger partial charge in [-0.1, -0.05) is 71.7 Å². The molecule has 0 radical (unpaired) electrons. The molecule has 0 unspecified atom stereocenters. The molecule has 16 heavy (non-hydrogen) atoms. The zero-order valence-electron chi connectivity index (χ0n) is 11.7. The summed E-state index contributed by atoms with van der Waals surface area (Å²) in [5.41, 5.74) is 3.09. The van der Waals surface area contributed by atoms with E-state index < -0.39 is 0 Å². The minimum Gasteiger partial charge on any atom is -0.0683 e. The monoisotopic (exact) mass is 220 g/mol. The summed E-state index contributed by atoms with van der Waals surface area (Å²) in [5.74, 6) is 0.864. The van der Waals surface area contributed by atoms with E-state index in [4.69, 9.17) is 0 Å². The molecule has 0 aliphatic carbocycles. The third kappa shape index (κ3) is 4.83. The van der Waals surface area contributed by atoms with Crippen molar-refractivity contribution in [3.63, 3.8) is 0 Å². The highest BCUT2D eigenvalue weighted by Gasteiger charge is 2.07. The van der Waals surface area contributed by atoms with E-state index in [1.807, 2.05) is 13.8 Å². The summed E-state index contributed by atoms with van der Waals surface area (Å²) in [6, 6.07) is 8.86. The van der Waals surface area contributed by atoms with Crippen molar-refractivity contribution in [2.75, 3.05) is 0 Å². The Morgan fingerprint density at radius 1 is 0.875 bits per heavy atom. The maximum absolute atomic E-state index is 2.29. The lowest BCUT2D eigenvalue weighted by Crippen LogP contribution is -2.03. The minimum atomic E-state index is 0.864. The summed E-state index contributed by atoms with van der Waals surface area (Å²) >= 11 is 0. The molecule has 0 heteroatoms. The second-order valence-corrected chi connectivity index (χ2v) is 4.01.